The molecule has 1 aliphatic heterocycles. The molecule has 5 rings (SSSR count). The van der Waals surface area contributed by atoms with E-state index in [-0.39, 0.29) is 39.5 Å². The molecule has 41 heavy (non-hydrogen) atoms. The summed E-state index contributed by atoms with van der Waals surface area (Å²) in [5.74, 6) is -1.51. The maximum atomic E-state index is 13.3. The molecule has 0 saturated heterocycles. The fraction of sp³-hybridized carbons (Fsp3) is 0.207. The first-order chi connectivity index (χ1) is 19.5. The molecule has 1 atom stereocenters. The zero-order valence-electron chi connectivity index (χ0n) is 21.7. The van der Waals surface area contributed by atoms with E-state index in [4.69, 9.17) is 27.6 Å². The molecule has 0 fully saturated rings. The predicted octanol–water partition coefficient (Wildman–Crippen LogP) is 5.00. The number of hydrogen-bond acceptors (Lipinski definition) is 6. The molecule has 3 aromatic carbocycles. The Balaban J connectivity index is 1.44. The van der Waals surface area contributed by atoms with Gasteiger partial charge in [-0.25, -0.2) is 13.2 Å². The molecule has 1 aliphatic rings. The first-order valence-electron chi connectivity index (χ1n) is 12.5. The summed E-state index contributed by atoms with van der Waals surface area (Å²) in [5.41, 5.74) is 2.86. The van der Waals surface area contributed by atoms with E-state index < -0.39 is 21.8 Å². The molecule has 1 aromatic heterocycles. The molecule has 0 saturated carbocycles. The standard InChI is InChI=1S/C29H24Cl2N2O7S/c1-41(38,39)21-4-2-3-17(11-21)12-24(29(36)37)33(16-34)27-23(30)13-20-15-32(9-7-22(20)26(27)31)28(35)19-6-5-18-8-10-40-25(18)14-19/h2-6,8,10-11,13-14,16,24H,7,9,12,15H2,1H3,(H,36,37)/t24-/m0/s1. The third-order valence-corrected chi connectivity index (χ3v) is 8.92. The van der Waals surface area contributed by atoms with Crippen molar-refractivity contribution in [1.29, 1.82) is 0 Å². The van der Waals surface area contributed by atoms with E-state index in [1.807, 2.05) is 12.1 Å². The molecular weight excluding hydrogens is 591 g/mol. The van der Waals surface area contributed by atoms with Crippen LogP contribution in [0, 0.1) is 0 Å². The van der Waals surface area contributed by atoms with Crippen molar-refractivity contribution in [2.75, 3.05) is 17.7 Å². The number of amides is 2. The van der Waals surface area contributed by atoms with Gasteiger partial charge in [-0.3, -0.25) is 14.5 Å². The number of hydrogen-bond donors (Lipinski definition) is 1. The van der Waals surface area contributed by atoms with Crippen LogP contribution < -0.4 is 4.90 Å². The summed E-state index contributed by atoms with van der Waals surface area (Å²) in [7, 11) is -3.52. The SMILES string of the molecule is CS(=O)(=O)c1cccc(C[C@@H](C(=O)O)N(C=O)c2c(Cl)cc3c(c2Cl)CCN(C(=O)c2ccc4ccoc4c2)C3)c1. The molecular formula is C29H24Cl2N2O7S. The van der Waals surface area contributed by atoms with Crippen LogP contribution in [0.25, 0.3) is 11.0 Å². The maximum absolute atomic E-state index is 13.3. The van der Waals surface area contributed by atoms with Gasteiger partial charge in [0.25, 0.3) is 5.91 Å². The Morgan fingerprint density at radius 3 is 2.63 bits per heavy atom. The molecule has 0 radical (unpaired) electrons. The third-order valence-electron chi connectivity index (χ3n) is 7.12. The lowest BCUT2D eigenvalue weighted by Crippen LogP contribution is -2.43. The van der Waals surface area contributed by atoms with Gasteiger partial charge >= 0.3 is 5.97 Å². The largest absolute Gasteiger partial charge is 0.480 e. The second-order valence-corrected chi connectivity index (χ2v) is 12.6. The van der Waals surface area contributed by atoms with Crippen molar-refractivity contribution in [3.05, 3.63) is 93.2 Å². The summed E-state index contributed by atoms with van der Waals surface area (Å²) in [4.78, 5) is 40.5. The van der Waals surface area contributed by atoms with Crippen LogP contribution in [-0.2, 0) is 38.8 Å². The number of aliphatic carboxylic acids is 1. The number of carboxylic acids is 1. The number of anilines is 1. The number of fused-ring (bicyclic) bond motifs is 2. The fourth-order valence-corrected chi connectivity index (χ4v) is 6.51. The van der Waals surface area contributed by atoms with E-state index in [0.29, 0.717) is 47.2 Å². The lowest BCUT2D eigenvalue weighted by Gasteiger charge is -2.33. The molecule has 4 aromatic rings. The summed E-state index contributed by atoms with van der Waals surface area (Å²) >= 11 is 13.4. The van der Waals surface area contributed by atoms with E-state index >= 15 is 0 Å². The average Bonchev–Trinajstić information content (AvgIpc) is 3.41. The van der Waals surface area contributed by atoms with Gasteiger partial charge in [0.1, 0.15) is 11.6 Å². The minimum absolute atomic E-state index is 0.0322. The molecule has 2 amide bonds. The van der Waals surface area contributed by atoms with Crippen LogP contribution in [-0.4, -0.2) is 55.6 Å². The lowest BCUT2D eigenvalue weighted by atomic mass is 9.96. The Bertz CT molecular complexity index is 1800. The highest BCUT2D eigenvalue weighted by molar-refractivity contribution is 7.90. The minimum Gasteiger partial charge on any atom is -0.480 e. The van der Waals surface area contributed by atoms with Crippen molar-refractivity contribution >= 4 is 68.0 Å². The van der Waals surface area contributed by atoms with Gasteiger partial charge in [-0.15, -0.1) is 0 Å². The van der Waals surface area contributed by atoms with Gasteiger partial charge in [-0.1, -0.05) is 41.4 Å². The molecule has 0 aliphatic carbocycles. The number of rotatable bonds is 8. The predicted molar refractivity (Wildman–Crippen MR) is 154 cm³/mol. The zero-order chi connectivity index (χ0) is 29.5. The van der Waals surface area contributed by atoms with Gasteiger partial charge in [-0.05, 0) is 59.5 Å². The Kier molecular flexibility index (Phi) is 7.83. The highest BCUT2D eigenvalue weighted by Crippen LogP contribution is 2.41. The van der Waals surface area contributed by atoms with Crippen LogP contribution in [0.1, 0.15) is 27.0 Å². The van der Waals surface area contributed by atoms with Crippen molar-refractivity contribution in [1.82, 2.24) is 4.90 Å². The zero-order valence-corrected chi connectivity index (χ0v) is 24.0. The van der Waals surface area contributed by atoms with Crippen molar-refractivity contribution < 1.29 is 32.3 Å². The van der Waals surface area contributed by atoms with Gasteiger partial charge in [0, 0.05) is 36.7 Å². The van der Waals surface area contributed by atoms with E-state index in [9.17, 15) is 27.9 Å². The number of nitrogens with zero attached hydrogens (tertiary/aromatic N) is 2. The molecule has 0 spiro atoms. The Morgan fingerprint density at radius 2 is 1.93 bits per heavy atom. The molecule has 0 bridgehead atoms. The van der Waals surface area contributed by atoms with Gasteiger partial charge < -0.3 is 14.4 Å². The number of carbonyl (C=O) groups excluding carboxylic acids is 2. The highest BCUT2D eigenvalue weighted by atomic mass is 35.5. The molecule has 9 nitrogen and oxygen atoms in total. The third kappa shape index (κ3) is 5.68. The van der Waals surface area contributed by atoms with E-state index in [1.54, 1.807) is 35.4 Å². The molecule has 12 heteroatoms. The molecule has 212 valence electrons. The van der Waals surface area contributed by atoms with Crippen LogP contribution in [0.2, 0.25) is 10.0 Å². The van der Waals surface area contributed by atoms with Gasteiger partial charge in [-0.2, -0.15) is 0 Å². The summed E-state index contributed by atoms with van der Waals surface area (Å²) in [6, 6.07) is 13.1. The summed E-state index contributed by atoms with van der Waals surface area (Å²) < 4.78 is 29.4. The second-order valence-electron chi connectivity index (χ2n) is 9.80. The molecule has 0 unspecified atom stereocenters. The fourth-order valence-electron chi connectivity index (χ4n) is 5.03. The normalized spacial score (nSPS) is 14.0. The van der Waals surface area contributed by atoms with Gasteiger partial charge in [0.05, 0.1) is 26.9 Å². The number of carbonyl (C=O) groups is 3. The van der Waals surface area contributed by atoms with Crippen LogP contribution in [0.5, 0.6) is 0 Å². The number of benzene rings is 3. The molecule has 2 heterocycles. The van der Waals surface area contributed by atoms with Crippen LogP contribution in [0.4, 0.5) is 5.69 Å². The number of furan rings is 1. The van der Waals surface area contributed by atoms with Crippen molar-refractivity contribution in [2.45, 2.75) is 30.3 Å². The minimum atomic E-state index is -3.52. The van der Waals surface area contributed by atoms with Crippen LogP contribution in [0.3, 0.4) is 0 Å². The summed E-state index contributed by atoms with van der Waals surface area (Å²) in [6.45, 7) is 0.552. The van der Waals surface area contributed by atoms with Crippen LogP contribution >= 0.6 is 23.2 Å². The Morgan fingerprint density at radius 1 is 1.15 bits per heavy atom. The smallest absolute Gasteiger partial charge is 0.327 e. The average molecular weight is 615 g/mol. The quantitative estimate of drug-likeness (QED) is 0.277. The monoisotopic (exact) mass is 614 g/mol. The topological polar surface area (TPSA) is 125 Å². The first-order valence-corrected chi connectivity index (χ1v) is 15.1. The maximum Gasteiger partial charge on any atom is 0.327 e. The molecule has 1 N–H and O–H groups in total. The second kappa shape index (κ2) is 11.2. The van der Waals surface area contributed by atoms with E-state index in [0.717, 1.165) is 16.5 Å². The lowest BCUT2D eigenvalue weighted by molar-refractivity contribution is -0.139. The number of sulfone groups is 1. The first kappa shape index (κ1) is 28.7. The van der Waals surface area contributed by atoms with E-state index in [1.165, 1.54) is 18.2 Å². The summed E-state index contributed by atoms with van der Waals surface area (Å²) in [6.07, 6.45) is 3.12. The Labute approximate surface area is 245 Å². The summed E-state index contributed by atoms with van der Waals surface area (Å²) in [5, 5.41) is 11.1. The Hall–Kier alpha value is -3.86. The van der Waals surface area contributed by atoms with Gasteiger partial charge in [0.15, 0.2) is 9.84 Å². The van der Waals surface area contributed by atoms with Crippen molar-refractivity contribution in [2.24, 2.45) is 0 Å². The highest BCUT2D eigenvalue weighted by Gasteiger charge is 2.33. The van der Waals surface area contributed by atoms with Gasteiger partial charge in [0.2, 0.25) is 6.41 Å². The number of halogens is 2. The van der Waals surface area contributed by atoms with Crippen molar-refractivity contribution in [3.8, 4) is 0 Å². The van der Waals surface area contributed by atoms with E-state index in [2.05, 4.69) is 0 Å². The van der Waals surface area contributed by atoms with Crippen molar-refractivity contribution in [3.63, 3.8) is 0 Å². The number of carboxylic acid groups (broad SMARTS) is 1. The van der Waals surface area contributed by atoms with Crippen LogP contribution in [0.15, 0.2) is 70.2 Å².